The van der Waals surface area contributed by atoms with Crippen molar-refractivity contribution >= 4 is 21.6 Å². The van der Waals surface area contributed by atoms with E-state index < -0.39 is 0 Å². The first-order valence-electron chi connectivity index (χ1n) is 3.16. The molecule has 0 bridgehead atoms. The van der Waals surface area contributed by atoms with Crippen molar-refractivity contribution in [2.45, 2.75) is 6.92 Å². The number of benzene rings is 1. The summed E-state index contributed by atoms with van der Waals surface area (Å²) in [5.74, 6) is -0.389. The molecule has 5 heteroatoms. The summed E-state index contributed by atoms with van der Waals surface area (Å²) >= 11 is 3.02. The molecule has 0 aliphatic rings. The quantitative estimate of drug-likeness (QED) is 0.399. The summed E-state index contributed by atoms with van der Waals surface area (Å²) in [6, 6.07) is 3.06. The van der Waals surface area contributed by atoms with Gasteiger partial charge >= 0.3 is 0 Å². The van der Waals surface area contributed by atoms with Crippen LogP contribution < -0.4 is 0 Å². The molecule has 62 valence electrons. The molecule has 0 amide bonds. The van der Waals surface area contributed by atoms with Gasteiger partial charge in [0.05, 0.1) is 4.47 Å². The summed E-state index contributed by atoms with van der Waals surface area (Å²) in [5.41, 5.74) is 8.80. The van der Waals surface area contributed by atoms with Gasteiger partial charge in [-0.1, -0.05) is 11.2 Å². The maximum absolute atomic E-state index is 13.1. The second-order valence-corrected chi connectivity index (χ2v) is 3.05. The first-order valence-corrected chi connectivity index (χ1v) is 3.96. The zero-order valence-electron chi connectivity index (χ0n) is 6.25. The normalized spacial score (nSPS) is 9.25. The van der Waals surface area contributed by atoms with Crippen molar-refractivity contribution < 1.29 is 4.39 Å². The molecule has 1 aromatic rings. The molecular formula is C7H5BrFN3. The summed E-state index contributed by atoms with van der Waals surface area (Å²) in [7, 11) is 0. The molecule has 0 saturated heterocycles. The van der Waals surface area contributed by atoms with Gasteiger partial charge in [-0.3, -0.25) is 0 Å². The van der Waals surface area contributed by atoms with Gasteiger partial charge in [-0.2, -0.15) is 0 Å². The Morgan fingerprint density at radius 1 is 1.58 bits per heavy atom. The molecule has 0 N–H and O–H groups in total. The fraction of sp³-hybridized carbons (Fsp3) is 0.143. The van der Waals surface area contributed by atoms with Crippen molar-refractivity contribution in [1.29, 1.82) is 0 Å². The molecular weight excluding hydrogens is 225 g/mol. The van der Waals surface area contributed by atoms with Crippen molar-refractivity contribution in [3.8, 4) is 0 Å². The smallest absolute Gasteiger partial charge is 0.140 e. The maximum atomic E-state index is 13.1. The Bertz CT molecular complexity index is 358. The number of halogens is 2. The van der Waals surface area contributed by atoms with Crippen LogP contribution in [-0.4, -0.2) is 0 Å². The van der Waals surface area contributed by atoms with Gasteiger partial charge in [0.25, 0.3) is 0 Å². The molecule has 0 unspecified atom stereocenters. The van der Waals surface area contributed by atoms with Crippen LogP contribution in [-0.2, 0) is 0 Å². The largest absolute Gasteiger partial charge is 0.205 e. The summed E-state index contributed by atoms with van der Waals surface area (Å²) in [4.78, 5) is 2.58. The van der Waals surface area contributed by atoms with Crippen LogP contribution in [0.3, 0.4) is 0 Å². The van der Waals surface area contributed by atoms with Crippen LogP contribution in [0.1, 0.15) is 5.56 Å². The average molecular weight is 230 g/mol. The van der Waals surface area contributed by atoms with Gasteiger partial charge in [0.1, 0.15) is 5.82 Å². The van der Waals surface area contributed by atoms with Gasteiger partial charge in [0.2, 0.25) is 0 Å². The average Bonchev–Trinajstić information content (AvgIpc) is 2.07. The lowest BCUT2D eigenvalue weighted by atomic mass is 10.2. The first kappa shape index (κ1) is 9.03. The Morgan fingerprint density at radius 3 is 2.83 bits per heavy atom. The minimum Gasteiger partial charge on any atom is -0.205 e. The SMILES string of the molecule is Cc1c(N=[N+]=[N-])ccc(Br)c1F. The minimum atomic E-state index is -0.389. The van der Waals surface area contributed by atoms with E-state index in [0.717, 1.165) is 0 Å². The van der Waals surface area contributed by atoms with Crippen molar-refractivity contribution in [2.75, 3.05) is 0 Å². The molecule has 1 rings (SSSR count). The zero-order chi connectivity index (χ0) is 9.14. The Morgan fingerprint density at radius 2 is 2.25 bits per heavy atom. The van der Waals surface area contributed by atoms with E-state index in [0.29, 0.717) is 15.7 Å². The van der Waals surface area contributed by atoms with E-state index in [1.165, 1.54) is 6.07 Å². The molecule has 0 aliphatic carbocycles. The topological polar surface area (TPSA) is 48.8 Å². The summed E-state index contributed by atoms with van der Waals surface area (Å²) in [6.07, 6.45) is 0. The van der Waals surface area contributed by atoms with Crippen LogP contribution in [0.25, 0.3) is 10.4 Å². The van der Waals surface area contributed by atoms with Crippen LogP contribution >= 0.6 is 15.9 Å². The van der Waals surface area contributed by atoms with Crippen LogP contribution in [0.4, 0.5) is 10.1 Å². The van der Waals surface area contributed by atoms with Gasteiger partial charge in [0.15, 0.2) is 0 Å². The maximum Gasteiger partial charge on any atom is 0.140 e. The van der Waals surface area contributed by atoms with Crippen molar-refractivity contribution in [3.05, 3.63) is 38.4 Å². The lowest BCUT2D eigenvalue weighted by Gasteiger charge is -2.01. The van der Waals surface area contributed by atoms with Crippen LogP contribution in [0.5, 0.6) is 0 Å². The molecule has 0 aromatic heterocycles. The molecule has 12 heavy (non-hydrogen) atoms. The van der Waals surface area contributed by atoms with Gasteiger partial charge < -0.3 is 0 Å². The van der Waals surface area contributed by atoms with Gasteiger partial charge in [-0.05, 0) is 40.0 Å². The monoisotopic (exact) mass is 229 g/mol. The number of hydrogen-bond donors (Lipinski definition) is 0. The Kier molecular flexibility index (Phi) is 2.68. The second kappa shape index (κ2) is 3.56. The van der Waals surface area contributed by atoms with E-state index in [1.54, 1.807) is 13.0 Å². The van der Waals surface area contributed by atoms with Crippen LogP contribution in [0.15, 0.2) is 21.7 Å². The third-order valence-electron chi connectivity index (χ3n) is 1.46. The minimum absolute atomic E-state index is 0.318. The molecule has 0 aliphatic heterocycles. The molecule has 0 fully saturated rings. The summed E-state index contributed by atoms with van der Waals surface area (Å²) in [5, 5.41) is 3.33. The van der Waals surface area contributed by atoms with E-state index in [2.05, 4.69) is 26.0 Å². The van der Waals surface area contributed by atoms with Crippen LogP contribution in [0, 0.1) is 12.7 Å². The fourth-order valence-corrected chi connectivity index (χ4v) is 1.23. The highest BCUT2D eigenvalue weighted by atomic mass is 79.9. The number of rotatable bonds is 1. The molecule has 0 heterocycles. The predicted molar refractivity (Wildman–Crippen MR) is 47.6 cm³/mol. The van der Waals surface area contributed by atoms with Crippen molar-refractivity contribution in [1.82, 2.24) is 0 Å². The van der Waals surface area contributed by atoms with E-state index in [1.807, 2.05) is 0 Å². The van der Waals surface area contributed by atoms with E-state index in [-0.39, 0.29) is 5.82 Å². The van der Waals surface area contributed by atoms with Crippen molar-refractivity contribution in [3.63, 3.8) is 0 Å². The molecule has 0 atom stereocenters. The zero-order valence-corrected chi connectivity index (χ0v) is 7.84. The molecule has 0 saturated carbocycles. The van der Waals surface area contributed by atoms with Gasteiger partial charge in [-0.25, -0.2) is 4.39 Å². The molecule has 3 nitrogen and oxygen atoms in total. The second-order valence-electron chi connectivity index (χ2n) is 2.19. The Hall–Kier alpha value is -1.06. The lowest BCUT2D eigenvalue weighted by molar-refractivity contribution is 0.612. The van der Waals surface area contributed by atoms with Crippen LogP contribution in [0.2, 0.25) is 0 Å². The van der Waals surface area contributed by atoms with E-state index in [9.17, 15) is 4.39 Å². The van der Waals surface area contributed by atoms with Gasteiger partial charge in [0, 0.05) is 10.6 Å². The predicted octanol–water partition coefficient (Wildman–Crippen LogP) is 3.84. The third-order valence-corrected chi connectivity index (χ3v) is 2.08. The Balaban J connectivity index is 3.35. The highest BCUT2D eigenvalue weighted by Gasteiger charge is 2.05. The van der Waals surface area contributed by atoms with Crippen molar-refractivity contribution in [2.24, 2.45) is 5.11 Å². The first-order chi connectivity index (χ1) is 5.66. The molecule has 1 aromatic carbocycles. The highest BCUT2D eigenvalue weighted by Crippen LogP contribution is 2.26. The Labute approximate surface area is 77.0 Å². The summed E-state index contributed by atoms with van der Waals surface area (Å²) in [6.45, 7) is 1.56. The van der Waals surface area contributed by atoms with E-state index in [4.69, 9.17) is 5.53 Å². The standard InChI is InChI=1S/C7H5BrFN3/c1-4-6(11-12-10)3-2-5(8)7(4)9/h2-3H,1H3. The molecule has 0 radical (unpaired) electrons. The number of hydrogen-bond acceptors (Lipinski definition) is 1. The highest BCUT2D eigenvalue weighted by molar-refractivity contribution is 9.10. The summed E-state index contributed by atoms with van der Waals surface area (Å²) < 4.78 is 13.5. The fourth-order valence-electron chi connectivity index (χ4n) is 0.798. The molecule has 0 spiro atoms. The van der Waals surface area contributed by atoms with Gasteiger partial charge in [-0.15, -0.1) is 0 Å². The van der Waals surface area contributed by atoms with E-state index >= 15 is 0 Å². The third kappa shape index (κ3) is 1.57. The number of nitrogens with zero attached hydrogens (tertiary/aromatic N) is 3. The number of azide groups is 1. The lowest BCUT2D eigenvalue weighted by Crippen LogP contribution is -1.83.